The van der Waals surface area contributed by atoms with Crippen LogP contribution in [0.25, 0.3) is 16.7 Å². The first-order valence-electron chi connectivity index (χ1n) is 7.70. The second kappa shape index (κ2) is 5.68. The van der Waals surface area contributed by atoms with Crippen LogP contribution in [0, 0.1) is 0 Å². The highest BCUT2D eigenvalue weighted by Crippen LogP contribution is 2.21. The molecule has 2 heterocycles. The van der Waals surface area contributed by atoms with Crippen LogP contribution in [0.3, 0.4) is 0 Å². The van der Waals surface area contributed by atoms with Crippen molar-refractivity contribution in [3.8, 4) is 0 Å². The summed E-state index contributed by atoms with van der Waals surface area (Å²) in [5.74, 6) is 1.15. The van der Waals surface area contributed by atoms with Crippen molar-refractivity contribution < 1.29 is 0 Å². The summed E-state index contributed by atoms with van der Waals surface area (Å²) >= 11 is 0. The van der Waals surface area contributed by atoms with Crippen LogP contribution in [0.2, 0.25) is 0 Å². The lowest BCUT2D eigenvalue weighted by Gasteiger charge is -2.14. The summed E-state index contributed by atoms with van der Waals surface area (Å²) in [5, 5.41) is 11.7. The van der Waals surface area contributed by atoms with Crippen LogP contribution in [-0.4, -0.2) is 26.1 Å². The molecule has 0 amide bonds. The zero-order valence-electron chi connectivity index (χ0n) is 12.8. The molecule has 0 unspecified atom stereocenters. The van der Waals surface area contributed by atoms with Gasteiger partial charge in [0.2, 0.25) is 5.65 Å². The van der Waals surface area contributed by atoms with Crippen molar-refractivity contribution in [3.05, 3.63) is 66.5 Å². The Hall–Kier alpha value is -2.95. The van der Waals surface area contributed by atoms with E-state index in [2.05, 4.69) is 46.7 Å². The number of nitrogens with one attached hydrogen (secondary N) is 1. The zero-order chi connectivity index (χ0) is 15.6. The molecule has 0 saturated carbocycles. The van der Waals surface area contributed by atoms with Gasteiger partial charge >= 0.3 is 0 Å². The van der Waals surface area contributed by atoms with Gasteiger partial charge in [0.05, 0.1) is 11.0 Å². The van der Waals surface area contributed by atoms with Crippen molar-refractivity contribution in [2.45, 2.75) is 12.8 Å². The van der Waals surface area contributed by atoms with E-state index in [-0.39, 0.29) is 0 Å². The molecule has 0 saturated heterocycles. The number of rotatable bonds is 4. The Morgan fingerprint density at radius 1 is 1.04 bits per heavy atom. The maximum Gasteiger partial charge on any atom is 0.203 e. The molecule has 0 fully saturated rings. The predicted octanol–water partition coefficient (Wildman–Crippen LogP) is 3.49. The van der Waals surface area contributed by atoms with Gasteiger partial charge in [-0.1, -0.05) is 49.4 Å². The fraction of sp³-hybridized carbons (Fsp3) is 0.167. The molecule has 1 N–H and O–H groups in total. The van der Waals surface area contributed by atoms with E-state index in [1.807, 2.05) is 34.7 Å². The molecule has 0 aliphatic rings. The molecule has 5 heteroatoms. The molecule has 5 nitrogen and oxygen atoms in total. The van der Waals surface area contributed by atoms with Crippen molar-refractivity contribution in [1.29, 1.82) is 0 Å². The Morgan fingerprint density at radius 3 is 2.70 bits per heavy atom. The molecule has 4 aromatic rings. The summed E-state index contributed by atoms with van der Waals surface area (Å²) in [5.41, 5.74) is 3.99. The molecule has 2 aromatic carbocycles. The Bertz CT molecular complexity index is 945. The van der Waals surface area contributed by atoms with Crippen LogP contribution in [0.15, 0.2) is 60.9 Å². The monoisotopic (exact) mass is 303 g/mol. The number of fused-ring (bicyclic) bond motifs is 3. The fourth-order valence-electron chi connectivity index (χ4n) is 2.77. The Kier molecular flexibility index (Phi) is 3.38. The Morgan fingerprint density at radius 2 is 1.83 bits per heavy atom. The van der Waals surface area contributed by atoms with Crippen LogP contribution in [0.5, 0.6) is 0 Å². The number of hydrogen-bond acceptors (Lipinski definition) is 4. The maximum absolute atomic E-state index is 4.71. The number of anilines is 1. The lowest BCUT2D eigenvalue weighted by atomic mass is 10.0. The molecule has 23 heavy (non-hydrogen) atoms. The van der Waals surface area contributed by atoms with Gasteiger partial charge in [0.25, 0.3) is 0 Å². The van der Waals surface area contributed by atoms with Crippen LogP contribution < -0.4 is 5.32 Å². The molecular weight excluding hydrogens is 286 g/mol. The maximum atomic E-state index is 4.71. The summed E-state index contributed by atoms with van der Waals surface area (Å²) in [4.78, 5) is 4.71. The highest BCUT2D eigenvalue weighted by molar-refractivity contribution is 5.82. The van der Waals surface area contributed by atoms with Crippen molar-refractivity contribution >= 4 is 22.5 Å². The first-order valence-corrected chi connectivity index (χ1v) is 7.70. The van der Waals surface area contributed by atoms with E-state index in [1.165, 1.54) is 5.56 Å². The smallest absolute Gasteiger partial charge is 0.203 e. The second-order valence-electron chi connectivity index (χ2n) is 5.67. The van der Waals surface area contributed by atoms with Gasteiger partial charge in [0.15, 0.2) is 5.82 Å². The van der Waals surface area contributed by atoms with Gasteiger partial charge in [-0.15, -0.1) is 10.2 Å². The molecule has 1 atom stereocenters. The summed E-state index contributed by atoms with van der Waals surface area (Å²) in [7, 11) is 0. The largest absolute Gasteiger partial charge is 0.366 e. The standard InChI is InChI=1S/C18H17N5/c1-13(14-7-3-2-4-8-14)11-19-17-18-22-20-12-23(18)16-10-6-5-9-15(16)21-17/h2-10,12-13H,11H2,1H3,(H,19,21)/t13-/m1/s1. The molecule has 2 aromatic heterocycles. The van der Waals surface area contributed by atoms with Gasteiger partial charge in [0.1, 0.15) is 6.33 Å². The summed E-state index contributed by atoms with van der Waals surface area (Å²) in [6, 6.07) is 18.5. The van der Waals surface area contributed by atoms with E-state index in [0.717, 1.165) is 29.0 Å². The second-order valence-corrected chi connectivity index (χ2v) is 5.67. The fourth-order valence-corrected chi connectivity index (χ4v) is 2.77. The van der Waals surface area contributed by atoms with Crippen molar-refractivity contribution in [1.82, 2.24) is 19.6 Å². The first-order chi connectivity index (χ1) is 11.3. The van der Waals surface area contributed by atoms with Crippen LogP contribution >= 0.6 is 0 Å². The van der Waals surface area contributed by atoms with E-state index in [9.17, 15) is 0 Å². The highest BCUT2D eigenvalue weighted by Gasteiger charge is 2.11. The molecule has 0 aliphatic carbocycles. The van der Waals surface area contributed by atoms with Crippen LogP contribution in [0.4, 0.5) is 5.82 Å². The summed E-state index contributed by atoms with van der Waals surface area (Å²) in [6.07, 6.45) is 1.73. The van der Waals surface area contributed by atoms with E-state index >= 15 is 0 Å². The topological polar surface area (TPSA) is 55.1 Å². The third-order valence-electron chi connectivity index (χ3n) is 4.08. The lowest BCUT2D eigenvalue weighted by Crippen LogP contribution is -2.12. The molecule has 0 aliphatic heterocycles. The minimum atomic E-state index is 0.382. The number of nitrogens with zero attached hydrogens (tertiary/aromatic N) is 4. The minimum absolute atomic E-state index is 0.382. The van der Waals surface area contributed by atoms with Crippen LogP contribution in [-0.2, 0) is 0 Å². The van der Waals surface area contributed by atoms with E-state index < -0.39 is 0 Å². The average Bonchev–Trinajstić information content (AvgIpc) is 3.10. The van der Waals surface area contributed by atoms with Crippen molar-refractivity contribution in [2.24, 2.45) is 0 Å². The van der Waals surface area contributed by atoms with Gasteiger partial charge in [-0.3, -0.25) is 4.40 Å². The quantitative estimate of drug-likeness (QED) is 0.627. The highest BCUT2D eigenvalue weighted by atomic mass is 15.3. The van der Waals surface area contributed by atoms with Crippen LogP contribution in [0.1, 0.15) is 18.4 Å². The van der Waals surface area contributed by atoms with E-state index in [1.54, 1.807) is 6.33 Å². The third-order valence-corrected chi connectivity index (χ3v) is 4.08. The van der Waals surface area contributed by atoms with Gasteiger partial charge in [0, 0.05) is 6.54 Å². The Labute approximate surface area is 134 Å². The zero-order valence-corrected chi connectivity index (χ0v) is 12.8. The number of hydrogen-bond donors (Lipinski definition) is 1. The minimum Gasteiger partial charge on any atom is -0.366 e. The third kappa shape index (κ3) is 2.50. The molecule has 4 rings (SSSR count). The van der Waals surface area contributed by atoms with Gasteiger partial charge in [-0.25, -0.2) is 4.98 Å². The van der Waals surface area contributed by atoms with Gasteiger partial charge in [-0.2, -0.15) is 0 Å². The molecule has 0 bridgehead atoms. The Balaban J connectivity index is 1.67. The predicted molar refractivity (Wildman–Crippen MR) is 91.6 cm³/mol. The lowest BCUT2D eigenvalue weighted by molar-refractivity contribution is 0.802. The average molecular weight is 303 g/mol. The van der Waals surface area contributed by atoms with Crippen molar-refractivity contribution in [2.75, 3.05) is 11.9 Å². The normalized spacial score (nSPS) is 12.6. The molecular formula is C18H17N5. The van der Waals surface area contributed by atoms with Gasteiger partial charge in [-0.05, 0) is 23.6 Å². The number of aromatic nitrogens is 4. The van der Waals surface area contributed by atoms with Gasteiger partial charge < -0.3 is 5.32 Å². The molecule has 0 spiro atoms. The molecule has 0 radical (unpaired) electrons. The first kappa shape index (κ1) is 13.7. The van der Waals surface area contributed by atoms with E-state index in [0.29, 0.717) is 5.92 Å². The summed E-state index contributed by atoms with van der Waals surface area (Å²) < 4.78 is 1.97. The summed E-state index contributed by atoms with van der Waals surface area (Å²) in [6.45, 7) is 2.99. The number of benzene rings is 2. The van der Waals surface area contributed by atoms with Crippen molar-refractivity contribution in [3.63, 3.8) is 0 Å². The number of para-hydroxylation sites is 2. The molecule has 114 valence electrons. The SMILES string of the molecule is C[C@H](CNc1nc2ccccc2n2cnnc12)c1ccccc1. The van der Waals surface area contributed by atoms with E-state index in [4.69, 9.17) is 4.98 Å².